The third-order valence-corrected chi connectivity index (χ3v) is 6.87. The van der Waals surface area contributed by atoms with E-state index in [2.05, 4.69) is 15.6 Å². The molecule has 0 spiro atoms. The Bertz CT molecular complexity index is 1150. The number of allylic oxidation sites excluding steroid dienone is 2. The van der Waals surface area contributed by atoms with Crippen molar-refractivity contribution in [2.75, 3.05) is 5.32 Å². The van der Waals surface area contributed by atoms with Crippen molar-refractivity contribution in [2.24, 2.45) is 5.41 Å². The largest absolute Gasteiger partial charge is 0.479 e. The number of carbonyl (C=O) groups is 3. The van der Waals surface area contributed by atoms with Gasteiger partial charge in [-0.15, -0.1) is 0 Å². The van der Waals surface area contributed by atoms with Gasteiger partial charge in [0.15, 0.2) is 5.78 Å². The second-order valence-electron chi connectivity index (χ2n) is 8.83. The van der Waals surface area contributed by atoms with E-state index in [1.807, 2.05) is 6.92 Å². The molecule has 1 aliphatic rings. The number of carboxylic acids is 1. The van der Waals surface area contributed by atoms with E-state index in [4.69, 9.17) is 23.2 Å². The third kappa shape index (κ3) is 4.68. The van der Waals surface area contributed by atoms with E-state index in [-0.39, 0.29) is 27.8 Å². The molecule has 1 aromatic heterocycles. The highest BCUT2D eigenvalue weighted by Gasteiger charge is 2.49. The summed E-state index contributed by atoms with van der Waals surface area (Å²) in [6, 6.07) is 6.89. The molecule has 0 unspecified atom stereocenters. The molecule has 0 radical (unpaired) electrons. The summed E-state index contributed by atoms with van der Waals surface area (Å²) in [5.74, 6) is -1.42. The summed E-state index contributed by atoms with van der Waals surface area (Å²) in [5.41, 5.74) is 0.720. The van der Waals surface area contributed by atoms with Crippen molar-refractivity contribution in [3.8, 4) is 0 Å². The van der Waals surface area contributed by atoms with Crippen LogP contribution < -0.4 is 10.6 Å². The molecule has 9 heteroatoms. The lowest BCUT2D eigenvalue weighted by Gasteiger charge is -2.44. The number of anilines is 1. The number of hydrogen-bond donors (Lipinski definition) is 3. The van der Waals surface area contributed by atoms with E-state index in [0.29, 0.717) is 29.8 Å². The smallest absolute Gasteiger partial charge is 0.329 e. The van der Waals surface area contributed by atoms with Gasteiger partial charge in [-0.1, -0.05) is 49.2 Å². The summed E-state index contributed by atoms with van der Waals surface area (Å²) >= 11 is 12.1. The highest BCUT2D eigenvalue weighted by Crippen LogP contribution is 2.43. The number of rotatable bonds is 9. The normalized spacial score (nSPS) is 16.5. The van der Waals surface area contributed by atoms with E-state index in [1.54, 1.807) is 45.0 Å². The molecular formula is C25H27Cl2N3O4. The zero-order valence-electron chi connectivity index (χ0n) is 19.5. The predicted molar refractivity (Wildman–Crippen MR) is 132 cm³/mol. The molecule has 3 rings (SSSR count). The Morgan fingerprint density at radius 3 is 2.18 bits per heavy atom. The van der Waals surface area contributed by atoms with Crippen molar-refractivity contribution in [1.29, 1.82) is 0 Å². The maximum absolute atomic E-state index is 12.6. The summed E-state index contributed by atoms with van der Waals surface area (Å²) in [5, 5.41) is 16.4. The van der Waals surface area contributed by atoms with Crippen LogP contribution in [0.5, 0.6) is 0 Å². The van der Waals surface area contributed by atoms with Gasteiger partial charge in [-0.25, -0.2) is 4.79 Å². The van der Waals surface area contributed by atoms with Crippen LogP contribution in [0, 0.1) is 5.41 Å². The zero-order chi connectivity index (χ0) is 25.3. The first kappa shape index (κ1) is 25.7. The number of benzene rings is 1. The summed E-state index contributed by atoms with van der Waals surface area (Å²) in [6.45, 7) is 7.30. The van der Waals surface area contributed by atoms with Gasteiger partial charge in [0.2, 0.25) is 0 Å². The molecule has 0 bridgehead atoms. The van der Waals surface area contributed by atoms with Crippen LogP contribution in [0.3, 0.4) is 0 Å². The maximum atomic E-state index is 12.6. The van der Waals surface area contributed by atoms with Crippen molar-refractivity contribution in [2.45, 2.75) is 52.5 Å². The van der Waals surface area contributed by atoms with E-state index in [9.17, 15) is 19.5 Å². The summed E-state index contributed by atoms with van der Waals surface area (Å²) in [6.07, 6.45) is 3.73. The second-order valence-corrected chi connectivity index (χ2v) is 9.65. The summed E-state index contributed by atoms with van der Waals surface area (Å²) in [4.78, 5) is 41.2. The number of ketones is 1. The Morgan fingerprint density at radius 2 is 1.68 bits per heavy atom. The lowest BCUT2D eigenvalue weighted by Crippen LogP contribution is -2.59. The first-order valence-electron chi connectivity index (χ1n) is 11.0. The predicted octanol–water partition coefficient (Wildman–Crippen LogP) is 5.28. The number of Topliss-reactive ketones (excluding diaryl/α,β-unsaturated/α-hetero) is 1. The maximum Gasteiger partial charge on any atom is 0.329 e. The summed E-state index contributed by atoms with van der Waals surface area (Å²) < 4.78 is 0. The Morgan fingerprint density at radius 1 is 1.09 bits per heavy atom. The standard InChI is InChI=1S/C25H27Cl2N3O4/c1-5-16-20(24(3,4)21(16)31)30-25(6-2,23(33)34)11-14-7-9-15(10-8-14)29-22(32)19-17(26)12-28-13-18(19)27/h7-10,12-13,30H,5-6,11H2,1-4H3,(H,29,32)(H,33,34)/t25-/m0/s1. The van der Waals surface area contributed by atoms with E-state index in [1.165, 1.54) is 12.4 Å². The number of carboxylic acid groups (broad SMARTS) is 1. The molecule has 0 fully saturated rings. The molecule has 1 amide bonds. The SMILES string of the molecule is CCC1=C(N[C@@](CC)(Cc2ccc(NC(=O)c3c(Cl)cncc3Cl)cc2)C(=O)O)C(C)(C)C1=O. The van der Waals surface area contributed by atoms with Crippen LogP contribution in [0.15, 0.2) is 47.9 Å². The van der Waals surface area contributed by atoms with Crippen LogP contribution in [0.25, 0.3) is 0 Å². The molecule has 0 saturated heterocycles. The minimum atomic E-state index is -1.28. The number of aliphatic carboxylic acids is 1. The van der Waals surface area contributed by atoms with E-state index in [0.717, 1.165) is 5.56 Å². The summed E-state index contributed by atoms with van der Waals surface area (Å²) in [7, 11) is 0. The molecule has 1 aromatic carbocycles. The second kappa shape index (κ2) is 9.76. The first-order valence-corrected chi connectivity index (χ1v) is 11.7. The number of pyridine rings is 1. The number of aromatic nitrogens is 1. The van der Waals surface area contributed by atoms with Gasteiger partial charge < -0.3 is 15.7 Å². The molecule has 34 heavy (non-hydrogen) atoms. The lowest BCUT2D eigenvalue weighted by atomic mass is 9.67. The van der Waals surface area contributed by atoms with Crippen LogP contribution in [0.2, 0.25) is 10.0 Å². The quantitative estimate of drug-likeness (QED) is 0.429. The fourth-order valence-corrected chi connectivity index (χ4v) is 4.68. The molecular weight excluding hydrogens is 477 g/mol. The Hall–Kier alpha value is -2.90. The molecule has 1 aliphatic carbocycles. The van der Waals surface area contributed by atoms with Crippen LogP contribution in [0.4, 0.5) is 5.69 Å². The monoisotopic (exact) mass is 503 g/mol. The van der Waals surface area contributed by atoms with Gasteiger partial charge in [-0.05, 0) is 44.4 Å². The fourth-order valence-electron chi connectivity index (χ4n) is 4.14. The van der Waals surface area contributed by atoms with Gasteiger partial charge in [0.25, 0.3) is 5.91 Å². The highest BCUT2D eigenvalue weighted by atomic mass is 35.5. The van der Waals surface area contributed by atoms with Crippen LogP contribution in [-0.2, 0) is 16.0 Å². The number of amides is 1. The average Bonchev–Trinajstić information content (AvgIpc) is 2.79. The van der Waals surface area contributed by atoms with Crippen molar-refractivity contribution < 1.29 is 19.5 Å². The minimum Gasteiger partial charge on any atom is -0.479 e. The number of nitrogens with one attached hydrogen (secondary N) is 2. The topological polar surface area (TPSA) is 108 Å². The molecule has 2 aromatic rings. The molecule has 180 valence electrons. The number of nitrogens with zero attached hydrogens (tertiary/aromatic N) is 1. The van der Waals surface area contributed by atoms with E-state index >= 15 is 0 Å². The van der Waals surface area contributed by atoms with Crippen LogP contribution in [-0.4, -0.2) is 33.3 Å². The molecule has 7 nitrogen and oxygen atoms in total. The van der Waals surface area contributed by atoms with Crippen LogP contribution in [0.1, 0.15) is 56.5 Å². The highest BCUT2D eigenvalue weighted by molar-refractivity contribution is 6.40. The van der Waals surface area contributed by atoms with Crippen molar-refractivity contribution >= 4 is 46.5 Å². The van der Waals surface area contributed by atoms with Gasteiger partial charge in [0, 0.05) is 35.8 Å². The fraction of sp³-hybridized carbons (Fsp3) is 0.360. The van der Waals surface area contributed by atoms with E-state index < -0.39 is 22.8 Å². The first-order chi connectivity index (χ1) is 16.0. The van der Waals surface area contributed by atoms with Crippen molar-refractivity contribution in [1.82, 2.24) is 10.3 Å². The average molecular weight is 504 g/mol. The zero-order valence-corrected chi connectivity index (χ0v) is 21.0. The van der Waals surface area contributed by atoms with Crippen molar-refractivity contribution in [3.05, 3.63) is 69.1 Å². The van der Waals surface area contributed by atoms with Crippen molar-refractivity contribution in [3.63, 3.8) is 0 Å². The van der Waals surface area contributed by atoms with Gasteiger partial charge in [0.05, 0.1) is 21.0 Å². The Labute approximate surface area is 208 Å². The number of halogens is 2. The molecule has 1 heterocycles. The van der Waals surface area contributed by atoms with Gasteiger partial charge >= 0.3 is 5.97 Å². The third-order valence-electron chi connectivity index (χ3n) is 6.30. The number of hydrogen-bond acceptors (Lipinski definition) is 5. The lowest BCUT2D eigenvalue weighted by molar-refractivity contribution is -0.145. The molecule has 0 saturated carbocycles. The van der Waals surface area contributed by atoms with Gasteiger partial charge in [-0.2, -0.15) is 0 Å². The molecule has 3 N–H and O–H groups in total. The number of carbonyl (C=O) groups excluding carboxylic acids is 2. The Kier molecular flexibility index (Phi) is 7.38. The molecule has 1 atom stereocenters. The van der Waals surface area contributed by atoms with Crippen LogP contribution >= 0.6 is 23.2 Å². The van der Waals surface area contributed by atoms with Gasteiger partial charge in [0.1, 0.15) is 5.54 Å². The minimum absolute atomic E-state index is 0.0439. The Balaban J connectivity index is 1.81. The molecule has 0 aliphatic heterocycles. The van der Waals surface area contributed by atoms with Gasteiger partial charge in [-0.3, -0.25) is 14.6 Å².